The zero-order valence-corrected chi connectivity index (χ0v) is 18.2. The third-order valence-electron chi connectivity index (χ3n) is 5.41. The molecule has 0 aliphatic carbocycles. The number of imide groups is 1. The molecule has 166 valence electrons. The zero-order valence-electron chi connectivity index (χ0n) is 18.2. The molecule has 1 heterocycles. The number of carbonyl (C=O) groups is 2. The molecule has 3 aromatic carbocycles. The predicted octanol–water partition coefficient (Wildman–Crippen LogP) is 4.65. The normalized spacial score (nSPS) is 14.3. The van der Waals surface area contributed by atoms with Gasteiger partial charge in [0.1, 0.15) is 0 Å². The van der Waals surface area contributed by atoms with E-state index in [-0.39, 0.29) is 28.3 Å². The van der Waals surface area contributed by atoms with Crippen LogP contribution < -0.4 is 14.4 Å². The highest BCUT2D eigenvalue weighted by molar-refractivity contribution is 6.43. The molecule has 0 spiro atoms. The van der Waals surface area contributed by atoms with Crippen LogP contribution in [-0.4, -0.2) is 31.0 Å². The molecule has 0 unspecified atom stereocenters. The molecular formula is C25H20N2O6. The molecule has 4 rings (SSSR count). The molecule has 0 fully saturated rings. The summed E-state index contributed by atoms with van der Waals surface area (Å²) in [6.45, 7) is 1.90. The van der Waals surface area contributed by atoms with Gasteiger partial charge in [-0.3, -0.25) is 19.7 Å². The van der Waals surface area contributed by atoms with E-state index in [0.29, 0.717) is 16.8 Å². The van der Waals surface area contributed by atoms with Gasteiger partial charge in [-0.1, -0.05) is 35.9 Å². The van der Waals surface area contributed by atoms with Gasteiger partial charge in [-0.05, 0) is 42.8 Å². The van der Waals surface area contributed by atoms with Gasteiger partial charge >= 0.3 is 0 Å². The minimum Gasteiger partial charge on any atom is -0.493 e. The van der Waals surface area contributed by atoms with Gasteiger partial charge < -0.3 is 9.47 Å². The van der Waals surface area contributed by atoms with Crippen LogP contribution in [0.25, 0.3) is 11.6 Å². The van der Waals surface area contributed by atoms with Crippen molar-refractivity contribution in [3.63, 3.8) is 0 Å². The molecule has 0 bridgehead atoms. The molecule has 33 heavy (non-hydrogen) atoms. The molecule has 0 aromatic heterocycles. The molecule has 0 atom stereocenters. The first-order chi connectivity index (χ1) is 15.8. The fourth-order valence-corrected chi connectivity index (χ4v) is 3.73. The van der Waals surface area contributed by atoms with Gasteiger partial charge in [0.2, 0.25) is 0 Å². The monoisotopic (exact) mass is 444 g/mol. The van der Waals surface area contributed by atoms with Crippen molar-refractivity contribution in [1.29, 1.82) is 0 Å². The molecule has 1 aliphatic heterocycles. The second-order valence-corrected chi connectivity index (χ2v) is 7.41. The molecule has 0 radical (unpaired) electrons. The summed E-state index contributed by atoms with van der Waals surface area (Å²) < 4.78 is 10.5. The van der Waals surface area contributed by atoms with Crippen LogP contribution in [0.15, 0.2) is 60.7 Å². The first-order valence-corrected chi connectivity index (χ1v) is 10.0. The Hall–Kier alpha value is -4.46. The lowest BCUT2D eigenvalue weighted by Gasteiger charge is -2.28. The van der Waals surface area contributed by atoms with Gasteiger partial charge in [0.15, 0.2) is 11.5 Å². The van der Waals surface area contributed by atoms with E-state index in [0.717, 1.165) is 10.5 Å². The summed E-state index contributed by atoms with van der Waals surface area (Å²) in [5.41, 5.74) is 2.16. The van der Waals surface area contributed by atoms with Crippen molar-refractivity contribution >= 4 is 34.8 Å². The third-order valence-corrected chi connectivity index (χ3v) is 5.41. The second-order valence-electron chi connectivity index (χ2n) is 7.41. The highest BCUT2D eigenvalue weighted by Crippen LogP contribution is 2.39. The zero-order chi connectivity index (χ0) is 23.7. The summed E-state index contributed by atoms with van der Waals surface area (Å²) in [6, 6.07) is 16.4. The Kier molecular flexibility index (Phi) is 5.66. The van der Waals surface area contributed by atoms with Crippen LogP contribution in [0, 0.1) is 17.0 Å². The molecule has 1 aliphatic rings. The first-order valence-electron chi connectivity index (χ1n) is 10.0. The number of ether oxygens (including phenoxy) is 2. The molecule has 3 aromatic rings. The number of rotatable bonds is 5. The molecule has 0 saturated heterocycles. The van der Waals surface area contributed by atoms with E-state index >= 15 is 0 Å². The Labute approximate surface area is 189 Å². The smallest absolute Gasteiger partial charge is 0.280 e. The maximum atomic E-state index is 13.6. The van der Waals surface area contributed by atoms with E-state index in [4.69, 9.17) is 9.47 Å². The van der Waals surface area contributed by atoms with Crippen LogP contribution in [-0.2, 0) is 4.79 Å². The number of carbonyl (C=O) groups excluding carboxylic acids is 2. The number of fused-ring (bicyclic) bond motifs is 1. The van der Waals surface area contributed by atoms with E-state index in [9.17, 15) is 19.7 Å². The fraction of sp³-hybridized carbons (Fsp3) is 0.120. The Morgan fingerprint density at radius 3 is 2.09 bits per heavy atom. The van der Waals surface area contributed by atoms with Crippen molar-refractivity contribution < 1.29 is 24.0 Å². The Morgan fingerprint density at radius 2 is 1.48 bits per heavy atom. The highest BCUT2D eigenvalue weighted by atomic mass is 16.6. The van der Waals surface area contributed by atoms with Crippen molar-refractivity contribution in [2.24, 2.45) is 0 Å². The number of hydrogen-bond donors (Lipinski definition) is 0. The predicted molar refractivity (Wildman–Crippen MR) is 124 cm³/mol. The van der Waals surface area contributed by atoms with E-state index < -0.39 is 16.7 Å². The minimum atomic E-state index is -0.577. The number of methoxy groups -OCH3 is 2. The van der Waals surface area contributed by atoms with Crippen molar-refractivity contribution in [2.75, 3.05) is 19.1 Å². The molecule has 0 saturated carbocycles. The lowest BCUT2D eigenvalue weighted by molar-refractivity contribution is -0.385. The Balaban J connectivity index is 1.95. The Morgan fingerprint density at radius 1 is 0.879 bits per heavy atom. The average molecular weight is 444 g/mol. The van der Waals surface area contributed by atoms with Crippen molar-refractivity contribution in [2.45, 2.75) is 6.92 Å². The summed E-state index contributed by atoms with van der Waals surface area (Å²) >= 11 is 0. The van der Waals surface area contributed by atoms with E-state index in [1.807, 2.05) is 6.92 Å². The van der Waals surface area contributed by atoms with Gasteiger partial charge in [0.25, 0.3) is 17.5 Å². The molecule has 0 N–H and O–H groups in total. The van der Waals surface area contributed by atoms with Gasteiger partial charge in [-0.25, -0.2) is 4.90 Å². The number of amides is 2. The number of benzene rings is 3. The van der Waals surface area contributed by atoms with Crippen LogP contribution in [0.1, 0.15) is 27.0 Å². The van der Waals surface area contributed by atoms with Crippen molar-refractivity contribution in [3.05, 3.63) is 93.0 Å². The fourth-order valence-electron chi connectivity index (χ4n) is 3.73. The van der Waals surface area contributed by atoms with Crippen LogP contribution in [0.2, 0.25) is 0 Å². The van der Waals surface area contributed by atoms with E-state index in [1.165, 1.54) is 32.4 Å². The Bertz CT molecular complexity index is 1310. The highest BCUT2D eigenvalue weighted by Gasteiger charge is 2.36. The summed E-state index contributed by atoms with van der Waals surface area (Å²) in [5, 5.41) is 11.8. The van der Waals surface area contributed by atoms with E-state index in [1.54, 1.807) is 48.5 Å². The van der Waals surface area contributed by atoms with Crippen LogP contribution >= 0.6 is 0 Å². The van der Waals surface area contributed by atoms with Crippen LogP contribution in [0.3, 0.4) is 0 Å². The molecule has 8 nitrogen and oxygen atoms in total. The number of nitro groups is 1. The molecule has 2 amide bonds. The van der Waals surface area contributed by atoms with Gasteiger partial charge in [-0.15, -0.1) is 0 Å². The summed E-state index contributed by atoms with van der Waals surface area (Å²) in [4.78, 5) is 39.0. The van der Waals surface area contributed by atoms with Crippen LogP contribution in [0.4, 0.5) is 11.4 Å². The number of nitrogens with zero attached hydrogens (tertiary/aromatic N) is 2. The first kappa shape index (κ1) is 21.8. The number of aryl methyl sites for hydroxylation is 1. The van der Waals surface area contributed by atoms with E-state index in [2.05, 4.69) is 0 Å². The second kappa shape index (κ2) is 8.58. The SMILES string of the molecule is COc1cc(/C=C2/C(=O)N(c3ccc(C)cc3)C(=O)c3ccccc32)c([N+](=O)[O-])cc1OC. The summed E-state index contributed by atoms with van der Waals surface area (Å²) in [7, 11) is 2.80. The number of hydrogen-bond acceptors (Lipinski definition) is 6. The van der Waals surface area contributed by atoms with Crippen molar-refractivity contribution in [3.8, 4) is 11.5 Å². The maximum absolute atomic E-state index is 13.6. The lowest BCUT2D eigenvalue weighted by Crippen LogP contribution is -2.41. The largest absolute Gasteiger partial charge is 0.493 e. The summed E-state index contributed by atoms with van der Waals surface area (Å²) in [6.07, 6.45) is 1.41. The number of anilines is 1. The third kappa shape index (κ3) is 3.82. The standard InChI is InChI=1S/C25H20N2O6/c1-15-8-10-17(11-9-15)26-24(28)19-7-5-4-6-18(19)20(25(26)29)12-16-13-22(32-2)23(33-3)14-21(16)27(30)31/h4-14H,1-3H3/b20-12+. The van der Waals surface area contributed by atoms with Crippen LogP contribution in [0.5, 0.6) is 11.5 Å². The average Bonchev–Trinajstić information content (AvgIpc) is 2.82. The number of nitro benzene ring substituents is 1. The van der Waals surface area contributed by atoms with Gasteiger partial charge in [-0.2, -0.15) is 0 Å². The summed E-state index contributed by atoms with van der Waals surface area (Å²) in [5.74, 6) is -0.568. The molecular weight excluding hydrogens is 424 g/mol. The van der Waals surface area contributed by atoms with Crippen molar-refractivity contribution in [1.82, 2.24) is 0 Å². The molecule has 8 heteroatoms. The maximum Gasteiger partial charge on any atom is 0.280 e. The minimum absolute atomic E-state index is 0.147. The van der Waals surface area contributed by atoms with Gasteiger partial charge in [0.05, 0.1) is 36.5 Å². The topological polar surface area (TPSA) is 99.0 Å². The lowest BCUT2D eigenvalue weighted by atomic mass is 9.91. The quantitative estimate of drug-likeness (QED) is 0.246. The van der Waals surface area contributed by atoms with Gasteiger partial charge in [0, 0.05) is 11.1 Å².